The van der Waals surface area contributed by atoms with Crippen LogP contribution in [-0.4, -0.2) is 98.3 Å². The normalized spacial score (nSPS) is 22.2. The van der Waals surface area contributed by atoms with Crippen molar-refractivity contribution in [3.63, 3.8) is 0 Å². The van der Waals surface area contributed by atoms with E-state index in [4.69, 9.17) is 18.5 Å². The minimum absolute atomic E-state index is 0.0672. The Labute approximate surface area is 379 Å². The second kappa shape index (κ2) is 38.8. The Morgan fingerprint density at radius 3 is 1.35 bits per heavy atom. The highest BCUT2D eigenvalue weighted by atomic mass is 31.2. The minimum Gasteiger partial charge on any atom is -0.462 e. The van der Waals surface area contributed by atoms with E-state index < -0.39 is 75.7 Å². The molecule has 1 aliphatic rings. The zero-order valence-electron chi connectivity index (χ0n) is 38.6. The number of carbonyl (C=O) groups is 2. The summed E-state index contributed by atoms with van der Waals surface area (Å²) in [4.78, 5) is 35.7. The monoisotopic (exact) mass is 913 g/mol. The van der Waals surface area contributed by atoms with Crippen LogP contribution in [-0.2, 0) is 32.7 Å². The maximum atomic E-state index is 12.8. The van der Waals surface area contributed by atoms with E-state index in [1.54, 1.807) is 0 Å². The average molecular weight is 913 g/mol. The number of phosphoric ester groups is 1. The summed E-state index contributed by atoms with van der Waals surface area (Å²) in [6.45, 7) is 3.23. The highest BCUT2D eigenvalue weighted by Gasteiger charge is 2.51. The molecule has 1 fully saturated rings. The number of carbonyl (C=O) groups excluding carboxylic acids is 2. The number of allylic oxidation sites excluding steroid dienone is 10. The lowest BCUT2D eigenvalue weighted by molar-refractivity contribution is -0.220. The molecule has 13 nitrogen and oxygen atoms in total. The number of phosphoric acid groups is 1. The fourth-order valence-electron chi connectivity index (χ4n) is 6.91. The van der Waals surface area contributed by atoms with E-state index in [-0.39, 0.29) is 12.8 Å². The Bertz CT molecular complexity index is 1330. The SMILES string of the molecule is CCCCC/C=C/C/C=C/C/C=C/C/C=C/CCCCCC(=O)OC[C@@H](COP(=O)(O)OC1C(O)C(O)C(O)[C@H](O)C1O)OC(=O)CCCCC/C=C/CCCCCCCCCC. The molecule has 364 valence electrons. The molecule has 0 aromatic carbocycles. The Morgan fingerprint density at radius 2 is 0.857 bits per heavy atom. The van der Waals surface area contributed by atoms with Gasteiger partial charge >= 0.3 is 19.8 Å². The smallest absolute Gasteiger partial charge is 0.462 e. The van der Waals surface area contributed by atoms with Crippen LogP contribution in [0.15, 0.2) is 60.8 Å². The highest BCUT2D eigenvalue weighted by molar-refractivity contribution is 7.47. The molecule has 0 heterocycles. The van der Waals surface area contributed by atoms with Gasteiger partial charge in [0.05, 0.1) is 6.61 Å². The van der Waals surface area contributed by atoms with Crippen LogP contribution < -0.4 is 0 Å². The summed E-state index contributed by atoms with van der Waals surface area (Å²) in [7, 11) is -5.13. The Balaban J connectivity index is 2.48. The number of rotatable bonds is 39. The van der Waals surface area contributed by atoms with Gasteiger partial charge in [-0.2, -0.15) is 0 Å². The average Bonchev–Trinajstić information content (AvgIpc) is 3.26. The highest BCUT2D eigenvalue weighted by Crippen LogP contribution is 2.47. The Hall–Kier alpha value is -2.45. The van der Waals surface area contributed by atoms with E-state index >= 15 is 0 Å². The number of hydrogen-bond acceptors (Lipinski definition) is 12. The van der Waals surface area contributed by atoms with Crippen LogP contribution in [0.1, 0.15) is 181 Å². The number of unbranched alkanes of at least 4 members (excludes halogenated alkanes) is 17. The third-order valence-electron chi connectivity index (χ3n) is 10.8. The summed E-state index contributed by atoms with van der Waals surface area (Å²) in [5.74, 6) is -1.16. The molecule has 0 amide bonds. The number of esters is 2. The molecule has 8 atom stereocenters. The van der Waals surface area contributed by atoms with Crippen molar-refractivity contribution >= 4 is 19.8 Å². The molecule has 6 unspecified atom stereocenters. The lowest BCUT2D eigenvalue weighted by Crippen LogP contribution is -2.64. The standard InChI is InChI=1S/C49H85O13P/c1-3-5-7-9-11-13-15-17-19-20-21-22-24-25-27-29-31-33-35-37-42(50)59-39-41(40-60-63(57,58)62-49-47(55)45(53)44(52)46(54)48(49)56)61-43(51)38-36-34-32-30-28-26-23-18-16-14-12-10-8-6-4-2/h11,13,17,19,21-22,25-28,41,44-49,52-56H,3-10,12,14-16,18,20,23-24,29-40H2,1-2H3,(H,57,58)/b13-11+,19-17+,22-21+,27-25+,28-26+/t41-,44?,45-,46?,47?,48?,49?/m0/s1. The van der Waals surface area contributed by atoms with Gasteiger partial charge in [0.15, 0.2) is 6.10 Å². The molecule has 63 heavy (non-hydrogen) atoms. The Morgan fingerprint density at radius 1 is 0.492 bits per heavy atom. The molecule has 0 aromatic heterocycles. The van der Waals surface area contributed by atoms with Gasteiger partial charge in [-0.25, -0.2) is 4.57 Å². The van der Waals surface area contributed by atoms with Gasteiger partial charge in [0.25, 0.3) is 0 Å². The maximum absolute atomic E-state index is 12.8. The van der Waals surface area contributed by atoms with Crippen molar-refractivity contribution in [1.29, 1.82) is 0 Å². The van der Waals surface area contributed by atoms with Crippen molar-refractivity contribution in [2.75, 3.05) is 13.2 Å². The first-order valence-electron chi connectivity index (χ1n) is 24.1. The molecule has 0 aromatic rings. The third kappa shape index (κ3) is 31.2. The lowest BCUT2D eigenvalue weighted by Gasteiger charge is -2.41. The van der Waals surface area contributed by atoms with Crippen LogP contribution in [0.25, 0.3) is 0 Å². The van der Waals surface area contributed by atoms with Crippen LogP contribution in [0, 0.1) is 0 Å². The molecule has 1 rings (SSSR count). The third-order valence-corrected chi connectivity index (χ3v) is 11.8. The van der Waals surface area contributed by atoms with Crippen molar-refractivity contribution in [2.24, 2.45) is 0 Å². The first kappa shape index (κ1) is 58.6. The van der Waals surface area contributed by atoms with Crippen molar-refractivity contribution in [3.05, 3.63) is 60.8 Å². The molecular formula is C49H85O13P. The molecule has 14 heteroatoms. The quantitative estimate of drug-likeness (QED) is 0.0147. The molecule has 0 aliphatic heterocycles. The van der Waals surface area contributed by atoms with Gasteiger partial charge in [-0.05, 0) is 83.5 Å². The van der Waals surface area contributed by atoms with Crippen molar-refractivity contribution in [2.45, 2.75) is 224 Å². The van der Waals surface area contributed by atoms with Crippen LogP contribution in [0.4, 0.5) is 0 Å². The minimum atomic E-state index is -5.13. The summed E-state index contributed by atoms with van der Waals surface area (Å²) in [6, 6.07) is 0. The number of ether oxygens (including phenoxy) is 2. The van der Waals surface area contributed by atoms with E-state index in [0.717, 1.165) is 70.6 Å². The van der Waals surface area contributed by atoms with Gasteiger partial charge in [-0.1, -0.05) is 145 Å². The van der Waals surface area contributed by atoms with Crippen molar-refractivity contribution < 1.29 is 63.1 Å². The van der Waals surface area contributed by atoms with Gasteiger partial charge < -0.3 is 39.9 Å². The van der Waals surface area contributed by atoms with Crippen LogP contribution in [0.2, 0.25) is 0 Å². The van der Waals surface area contributed by atoms with E-state index in [9.17, 15) is 44.6 Å². The van der Waals surface area contributed by atoms with Gasteiger partial charge in [0.1, 0.15) is 43.2 Å². The summed E-state index contributed by atoms with van der Waals surface area (Å²) >= 11 is 0. The van der Waals surface area contributed by atoms with Crippen molar-refractivity contribution in [3.8, 4) is 0 Å². The van der Waals surface area contributed by atoms with Gasteiger partial charge in [-0.3, -0.25) is 18.6 Å². The largest absolute Gasteiger partial charge is 0.472 e. The zero-order chi connectivity index (χ0) is 46.4. The Kier molecular flexibility index (Phi) is 36.1. The van der Waals surface area contributed by atoms with E-state index in [0.29, 0.717) is 12.8 Å². The zero-order valence-corrected chi connectivity index (χ0v) is 39.5. The molecule has 0 saturated heterocycles. The van der Waals surface area contributed by atoms with Crippen LogP contribution >= 0.6 is 7.82 Å². The van der Waals surface area contributed by atoms with Gasteiger partial charge in [0.2, 0.25) is 0 Å². The van der Waals surface area contributed by atoms with Crippen LogP contribution in [0.3, 0.4) is 0 Å². The van der Waals surface area contributed by atoms with E-state index in [2.05, 4.69) is 74.6 Å². The summed E-state index contributed by atoms with van der Waals surface area (Å²) < 4.78 is 33.5. The van der Waals surface area contributed by atoms with E-state index in [1.807, 2.05) is 0 Å². The van der Waals surface area contributed by atoms with Crippen LogP contribution in [0.5, 0.6) is 0 Å². The molecule has 0 radical (unpaired) electrons. The van der Waals surface area contributed by atoms with Crippen molar-refractivity contribution in [1.82, 2.24) is 0 Å². The summed E-state index contributed by atoms with van der Waals surface area (Å²) in [6.07, 6.45) is 34.1. The maximum Gasteiger partial charge on any atom is 0.472 e. The summed E-state index contributed by atoms with van der Waals surface area (Å²) in [5.41, 5.74) is 0. The topological polar surface area (TPSA) is 210 Å². The number of aliphatic hydroxyl groups excluding tert-OH is 5. The molecular weight excluding hydrogens is 827 g/mol. The second-order valence-corrected chi connectivity index (χ2v) is 18.0. The van der Waals surface area contributed by atoms with Gasteiger partial charge in [-0.15, -0.1) is 0 Å². The second-order valence-electron chi connectivity index (χ2n) is 16.6. The molecule has 1 aliphatic carbocycles. The summed E-state index contributed by atoms with van der Waals surface area (Å²) in [5, 5.41) is 50.2. The first-order valence-corrected chi connectivity index (χ1v) is 25.6. The number of aliphatic hydroxyl groups is 5. The molecule has 0 bridgehead atoms. The fraction of sp³-hybridized carbons (Fsp3) is 0.755. The predicted molar refractivity (Wildman–Crippen MR) is 249 cm³/mol. The first-order chi connectivity index (χ1) is 30.4. The molecule has 1 saturated carbocycles. The molecule has 6 N–H and O–H groups in total. The predicted octanol–water partition coefficient (Wildman–Crippen LogP) is 9.73. The lowest BCUT2D eigenvalue weighted by atomic mass is 9.85. The number of hydrogen-bond donors (Lipinski definition) is 6. The van der Waals surface area contributed by atoms with Gasteiger partial charge in [0, 0.05) is 12.8 Å². The molecule has 0 spiro atoms. The fourth-order valence-corrected chi connectivity index (χ4v) is 7.88. The van der Waals surface area contributed by atoms with E-state index in [1.165, 1.54) is 70.6 Å².